The molecule has 0 aliphatic heterocycles. The SMILES string of the molecule is Nc1ccc(Oc2ccc(O)c(Cl)c2)cc1. The van der Waals surface area contributed by atoms with Gasteiger partial charge < -0.3 is 15.6 Å². The van der Waals surface area contributed by atoms with Crippen molar-refractivity contribution in [3.63, 3.8) is 0 Å². The Balaban J connectivity index is 2.20. The van der Waals surface area contributed by atoms with Gasteiger partial charge in [0.15, 0.2) is 0 Å². The molecule has 0 unspecified atom stereocenters. The maximum atomic E-state index is 9.24. The standard InChI is InChI=1S/C12H10ClNO2/c13-11-7-10(5-6-12(11)15)16-9-3-1-8(14)2-4-9/h1-7,15H,14H2. The molecule has 2 aromatic carbocycles. The zero-order valence-corrected chi connectivity index (χ0v) is 9.11. The molecule has 2 aromatic rings. The molecule has 0 radical (unpaired) electrons. The Hall–Kier alpha value is -1.87. The van der Waals surface area contributed by atoms with Gasteiger partial charge in [-0.2, -0.15) is 0 Å². The highest BCUT2D eigenvalue weighted by Gasteiger charge is 2.01. The predicted molar refractivity (Wildman–Crippen MR) is 64.0 cm³/mol. The first-order valence-electron chi connectivity index (χ1n) is 4.67. The number of benzene rings is 2. The highest BCUT2D eigenvalue weighted by molar-refractivity contribution is 6.32. The summed E-state index contributed by atoms with van der Waals surface area (Å²) in [5.74, 6) is 1.26. The van der Waals surface area contributed by atoms with Crippen molar-refractivity contribution in [3.8, 4) is 17.2 Å². The van der Waals surface area contributed by atoms with E-state index in [0.29, 0.717) is 17.2 Å². The fourth-order valence-corrected chi connectivity index (χ4v) is 1.39. The number of phenols is 1. The van der Waals surface area contributed by atoms with E-state index in [2.05, 4.69) is 0 Å². The van der Waals surface area contributed by atoms with E-state index >= 15 is 0 Å². The van der Waals surface area contributed by atoms with E-state index in [1.807, 2.05) is 0 Å². The molecule has 0 atom stereocenters. The lowest BCUT2D eigenvalue weighted by Gasteiger charge is -2.06. The number of rotatable bonds is 2. The summed E-state index contributed by atoms with van der Waals surface area (Å²) in [5.41, 5.74) is 6.23. The van der Waals surface area contributed by atoms with Crippen LogP contribution >= 0.6 is 11.6 Å². The molecule has 0 bridgehead atoms. The lowest BCUT2D eigenvalue weighted by atomic mass is 10.3. The Bertz CT molecular complexity index is 497. The van der Waals surface area contributed by atoms with Crippen LogP contribution in [0, 0.1) is 0 Å². The Morgan fingerprint density at radius 1 is 1.00 bits per heavy atom. The molecule has 0 heterocycles. The number of nitrogen functional groups attached to an aromatic ring is 1. The van der Waals surface area contributed by atoms with Crippen LogP contribution in [0.15, 0.2) is 42.5 Å². The molecular formula is C12H10ClNO2. The molecule has 0 aliphatic rings. The topological polar surface area (TPSA) is 55.5 Å². The van der Waals surface area contributed by atoms with Crippen molar-refractivity contribution in [2.45, 2.75) is 0 Å². The Morgan fingerprint density at radius 3 is 2.25 bits per heavy atom. The molecular weight excluding hydrogens is 226 g/mol. The highest BCUT2D eigenvalue weighted by atomic mass is 35.5. The number of nitrogens with two attached hydrogens (primary N) is 1. The number of halogens is 1. The van der Waals surface area contributed by atoms with Crippen molar-refractivity contribution in [2.75, 3.05) is 5.73 Å². The van der Waals surface area contributed by atoms with Gasteiger partial charge in [0.2, 0.25) is 0 Å². The van der Waals surface area contributed by atoms with Crippen molar-refractivity contribution < 1.29 is 9.84 Å². The normalized spacial score (nSPS) is 10.1. The maximum Gasteiger partial charge on any atom is 0.134 e. The average molecular weight is 236 g/mol. The fraction of sp³-hybridized carbons (Fsp3) is 0. The predicted octanol–water partition coefficient (Wildman–Crippen LogP) is 3.42. The monoisotopic (exact) mass is 235 g/mol. The van der Waals surface area contributed by atoms with Crippen molar-refractivity contribution in [3.05, 3.63) is 47.5 Å². The summed E-state index contributed by atoms with van der Waals surface area (Å²) in [6, 6.07) is 11.7. The van der Waals surface area contributed by atoms with Crippen LogP contribution in [0.4, 0.5) is 5.69 Å². The minimum absolute atomic E-state index is 0.0336. The van der Waals surface area contributed by atoms with Crippen LogP contribution in [-0.4, -0.2) is 5.11 Å². The van der Waals surface area contributed by atoms with E-state index in [0.717, 1.165) is 0 Å². The summed E-state index contributed by atoms with van der Waals surface area (Å²) in [6.45, 7) is 0. The number of hydrogen-bond acceptors (Lipinski definition) is 3. The third-order valence-corrected chi connectivity index (χ3v) is 2.34. The van der Waals surface area contributed by atoms with Crippen molar-refractivity contribution in [1.82, 2.24) is 0 Å². The van der Waals surface area contributed by atoms with E-state index < -0.39 is 0 Å². The molecule has 4 heteroatoms. The Morgan fingerprint density at radius 2 is 1.62 bits per heavy atom. The van der Waals surface area contributed by atoms with Gasteiger partial charge in [-0.25, -0.2) is 0 Å². The first-order valence-corrected chi connectivity index (χ1v) is 5.05. The molecule has 0 spiro atoms. The minimum Gasteiger partial charge on any atom is -0.506 e. The second-order valence-electron chi connectivity index (χ2n) is 3.28. The Kier molecular flexibility index (Phi) is 2.88. The van der Waals surface area contributed by atoms with E-state index in [-0.39, 0.29) is 10.8 Å². The van der Waals surface area contributed by atoms with Gasteiger partial charge in [-0.3, -0.25) is 0 Å². The molecule has 0 amide bonds. The average Bonchev–Trinajstić information content (AvgIpc) is 2.27. The number of hydrogen-bond donors (Lipinski definition) is 2. The first kappa shape index (κ1) is 10.6. The molecule has 0 fully saturated rings. The van der Waals surface area contributed by atoms with Gasteiger partial charge in [-0.05, 0) is 36.4 Å². The zero-order chi connectivity index (χ0) is 11.5. The van der Waals surface area contributed by atoms with E-state index in [4.69, 9.17) is 22.1 Å². The van der Waals surface area contributed by atoms with Gasteiger partial charge in [0, 0.05) is 11.8 Å². The van der Waals surface area contributed by atoms with Crippen molar-refractivity contribution >= 4 is 17.3 Å². The lowest BCUT2D eigenvalue weighted by molar-refractivity contribution is 0.464. The van der Waals surface area contributed by atoms with Crippen LogP contribution in [-0.2, 0) is 0 Å². The second-order valence-corrected chi connectivity index (χ2v) is 3.69. The highest BCUT2D eigenvalue weighted by Crippen LogP contribution is 2.30. The van der Waals surface area contributed by atoms with Gasteiger partial charge in [-0.1, -0.05) is 11.6 Å². The summed E-state index contributed by atoms with van der Waals surface area (Å²) < 4.78 is 5.52. The summed E-state index contributed by atoms with van der Waals surface area (Å²) in [4.78, 5) is 0. The van der Waals surface area contributed by atoms with Crippen LogP contribution < -0.4 is 10.5 Å². The fourth-order valence-electron chi connectivity index (χ4n) is 1.22. The molecule has 0 aromatic heterocycles. The smallest absolute Gasteiger partial charge is 0.134 e. The van der Waals surface area contributed by atoms with E-state index in [1.54, 1.807) is 36.4 Å². The van der Waals surface area contributed by atoms with Gasteiger partial charge >= 0.3 is 0 Å². The molecule has 0 saturated carbocycles. The molecule has 16 heavy (non-hydrogen) atoms. The van der Waals surface area contributed by atoms with Gasteiger partial charge in [-0.15, -0.1) is 0 Å². The van der Waals surface area contributed by atoms with Crippen molar-refractivity contribution in [1.29, 1.82) is 0 Å². The number of aromatic hydroxyl groups is 1. The second kappa shape index (κ2) is 4.33. The van der Waals surface area contributed by atoms with E-state index in [1.165, 1.54) is 6.07 Å². The van der Waals surface area contributed by atoms with Crippen LogP contribution in [0.25, 0.3) is 0 Å². The molecule has 0 aliphatic carbocycles. The molecule has 0 saturated heterocycles. The quantitative estimate of drug-likeness (QED) is 0.785. The largest absolute Gasteiger partial charge is 0.506 e. The number of phenolic OH excluding ortho intramolecular Hbond substituents is 1. The summed E-state index contributed by atoms with van der Waals surface area (Å²) >= 11 is 5.76. The number of anilines is 1. The molecule has 82 valence electrons. The van der Waals surface area contributed by atoms with Crippen LogP contribution in [0.5, 0.6) is 17.2 Å². The van der Waals surface area contributed by atoms with Crippen LogP contribution in [0.2, 0.25) is 5.02 Å². The first-order chi connectivity index (χ1) is 7.65. The Labute approximate surface area is 98.0 Å². The van der Waals surface area contributed by atoms with Crippen LogP contribution in [0.1, 0.15) is 0 Å². The maximum absolute atomic E-state index is 9.24. The lowest BCUT2D eigenvalue weighted by Crippen LogP contribution is -1.86. The van der Waals surface area contributed by atoms with E-state index in [9.17, 15) is 5.11 Å². The molecule has 2 rings (SSSR count). The molecule has 3 N–H and O–H groups in total. The third kappa shape index (κ3) is 2.38. The van der Waals surface area contributed by atoms with Gasteiger partial charge in [0.1, 0.15) is 17.2 Å². The summed E-state index contributed by atoms with van der Waals surface area (Å²) in [5, 5.41) is 9.50. The third-order valence-electron chi connectivity index (χ3n) is 2.03. The molecule has 3 nitrogen and oxygen atoms in total. The van der Waals surface area contributed by atoms with Gasteiger partial charge in [0.05, 0.1) is 5.02 Å². The van der Waals surface area contributed by atoms with Gasteiger partial charge in [0.25, 0.3) is 0 Å². The summed E-state index contributed by atoms with van der Waals surface area (Å²) in [7, 11) is 0. The minimum atomic E-state index is 0.0336. The number of ether oxygens (including phenoxy) is 1. The zero-order valence-electron chi connectivity index (χ0n) is 8.35. The van der Waals surface area contributed by atoms with Crippen LogP contribution in [0.3, 0.4) is 0 Å². The van der Waals surface area contributed by atoms with Crippen molar-refractivity contribution in [2.24, 2.45) is 0 Å². The summed E-state index contributed by atoms with van der Waals surface area (Å²) in [6.07, 6.45) is 0.